The van der Waals surface area contributed by atoms with Gasteiger partial charge in [-0.25, -0.2) is 4.79 Å². The fraction of sp³-hybridized carbons (Fsp3) is 0.462. The van der Waals surface area contributed by atoms with Crippen LogP contribution in [0.25, 0.3) is 0 Å². The molecule has 1 saturated carbocycles. The zero-order valence-electron chi connectivity index (χ0n) is 10.0. The Balaban J connectivity index is 1.70. The molecule has 0 radical (unpaired) electrons. The molecule has 94 valence electrons. The second-order valence-corrected chi connectivity index (χ2v) is 5.12. The van der Waals surface area contributed by atoms with E-state index in [1.165, 1.54) is 4.90 Å². The highest BCUT2D eigenvalue weighted by molar-refractivity contribution is 5.98. The standard InChI is InChI=1S/C13H14N2O3/c1-7-2-3-14-10(4-7)12(16)11-8-5-15(13(17)18)6-9(8)11/h2-4,8-9,11H,5-6H2,1H3,(H,17,18)/t8-,9+,11?. The Bertz CT molecular complexity index is 517. The molecule has 0 bridgehead atoms. The van der Waals surface area contributed by atoms with Crippen molar-refractivity contribution in [2.45, 2.75) is 6.92 Å². The number of carbonyl (C=O) groups is 2. The van der Waals surface area contributed by atoms with E-state index in [9.17, 15) is 9.59 Å². The number of hydrogen-bond acceptors (Lipinski definition) is 3. The maximum atomic E-state index is 12.2. The number of pyridine rings is 1. The maximum absolute atomic E-state index is 12.2. The zero-order chi connectivity index (χ0) is 12.9. The van der Waals surface area contributed by atoms with Gasteiger partial charge in [0.15, 0.2) is 5.78 Å². The van der Waals surface area contributed by atoms with Crippen molar-refractivity contribution in [3.8, 4) is 0 Å². The predicted octanol–water partition coefficient (Wildman–Crippen LogP) is 1.43. The van der Waals surface area contributed by atoms with Crippen LogP contribution in [0.2, 0.25) is 0 Å². The van der Waals surface area contributed by atoms with Crippen molar-refractivity contribution >= 4 is 11.9 Å². The topological polar surface area (TPSA) is 70.5 Å². The first-order chi connectivity index (χ1) is 8.58. The number of ketones is 1. The molecule has 0 aromatic carbocycles. The van der Waals surface area contributed by atoms with E-state index in [1.54, 1.807) is 12.3 Å². The number of fused-ring (bicyclic) bond motifs is 1. The minimum atomic E-state index is -0.887. The van der Waals surface area contributed by atoms with E-state index in [2.05, 4.69) is 4.98 Å². The number of carboxylic acid groups (broad SMARTS) is 1. The quantitative estimate of drug-likeness (QED) is 0.801. The number of amides is 1. The van der Waals surface area contributed by atoms with E-state index in [-0.39, 0.29) is 23.5 Å². The molecule has 1 amide bonds. The summed E-state index contributed by atoms with van der Waals surface area (Å²) in [7, 11) is 0. The first kappa shape index (κ1) is 11.2. The highest BCUT2D eigenvalue weighted by Crippen LogP contribution is 2.52. The lowest BCUT2D eigenvalue weighted by molar-refractivity contribution is 0.0929. The van der Waals surface area contributed by atoms with E-state index in [4.69, 9.17) is 5.11 Å². The monoisotopic (exact) mass is 246 g/mol. The first-order valence-corrected chi connectivity index (χ1v) is 6.02. The van der Waals surface area contributed by atoms with Gasteiger partial charge >= 0.3 is 6.09 Å². The lowest BCUT2D eigenvalue weighted by Gasteiger charge is -2.15. The van der Waals surface area contributed by atoms with Gasteiger partial charge in [0.05, 0.1) is 0 Å². The maximum Gasteiger partial charge on any atom is 0.407 e. The summed E-state index contributed by atoms with van der Waals surface area (Å²) in [5.74, 6) is 0.459. The summed E-state index contributed by atoms with van der Waals surface area (Å²) < 4.78 is 0. The Morgan fingerprint density at radius 1 is 1.39 bits per heavy atom. The second-order valence-electron chi connectivity index (χ2n) is 5.12. The smallest absolute Gasteiger partial charge is 0.407 e. The largest absolute Gasteiger partial charge is 0.465 e. The van der Waals surface area contributed by atoms with Crippen molar-refractivity contribution in [2.75, 3.05) is 13.1 Å². The molecular weight excluding hydrogens is 232 g/mol. The predicted molar refractivity (Wildman–Crippen MR) is 63.4 cm³/mol. The minimum Gasteiger partial charge on any atom is -0.465 e. The van der Waals surface area contributed by atoms with Crippen molar-refractivity contribution < 1.29 is 14.7 Å². The van der Waals surface area contributed by atoms with Crippen LogP contribution in [0, 0.1) is 24.7 Å². The molecule has 1 aromatic rings. The summed E-state index contributed by atoms with van der Waals surface area (Å²) in [5, 5.41) is 8.86. The number of aromatic nitrogens is 1. The fourth-order valence-electron chi connectivity index (χ4n) is 2.91. The molecule has 1 unspecified atom stereocenters. The van der Waals surface area contributed by atoms with E-state index in [0.717, 1.165) is 5.56 Å². The van der Waals surface area contributed by atoms with Gasteiger partial charge in [0, 0.05) is 25.2 Å². The number of likely N-dealkylation sites (tertiary alicyclic amines) is 1. The molecule has 3 atom stereocenters. The molecule has 18 heavy (non-hydrogen) atoms. The van der Waals surface area contributed by atoms with Crippen LogP contribution in [0.3, 0.4) is 0 Å². The van der Waals surface area contributed by atoms with Crippen molar-refractivity contribution in [3.63, 3.8) is 0 Å². The van der Waals surface area contributed by atoms with E-state index in [0.29, 0.717) is 18.8 Å². The average molecular weight is 246 g/mol. The molecule has 5 nitrogen and oxygen atoms in total. The SMILES string of the molecule is Cc1ccnc(C(=O)C2[C@H]3CN(C(=O)O)C[C@@H]23)c1. The molecule has 1 aliphatic carbocycles. The summed E-state index contributed by atoms with van der Waals surface area (Å²) in [4.78, 5) is 28.5. The molecule has 5 heteroatoms. The second kappa shape index (κ2) is 3.80. The minimum absolute atomic E-state index is 0.0186. The van der Waals surface area contributed by atoms with E-state index in [1.807, 2.05) is 13.0 Å². The summed E-state index contributed by atoms with van der Waals surface area (Å²) in [5.41, 5.74) is 1.53. The van der Waals surface area contributed by atoms with Crippen LogP contribution in [0.15, 0.2) is 18.3 Å². The van der Waals surface area contributed by atoms with Crippen LogP contribution in [0.4, 0.5) is 4.79 Å². The lowest BCUT2D eigenvalue weighted by Crippen LogP contribution is -2.31. The summed E-state index contributed by atoms with van der Waals surface area (Å²) in [6, 6.07) is 3.65. The van der Waals surface area contributed by atoms with Gasteiger partial charge in [0.2, 0.25) is 0 Å². The Hall–Kier alpha value is -1.91. The van der Waals surface area contributed by atoms with E-state index < -0.39 is 6.09 Å². The van der Waals surface area contributed by atoms with Crippen LogP contribution >= 0.6 is 0 Å². The molecule has 0 spiro atoms. The van der Waals surface area contributed by atoms with Crippen LogP contribution in [0.1, 0.15) is 16.1 Å². The van der Waals surface area contributed by atoms with Gasteiger partial charge in [0.25, 0.3) is 0 Å². The van der Waals surface area contributed by atoms with Gasteiger partial charge in [-0.15, -0.1) is 0 Å². The molecule has 1 saturated heterocycles. The van der Waals surface area contributed by atoms with Crippen LogP contribution < -0.4 is 0 Å². The average Bonchev–Trinajstić information content (AvgIpc) is 2.81. The lowest BCUT2D eigenvalue weighted by atomic mass is 10.1. The fourth-order valence-corrected chi connectivity index (χ4v) is 2.91. The van der Waals surface area contributed by atoms with Gasteiger partial charge < -0.3 is 10.0 Å². The first-order valence-electron chi connectivity index (χ1n) is 6.02. The van der Waals surface area contributed by atoms with E-state index >= 15 is 0 Å². The molecule has 3 rings (SSSR count). The van der Waals surface area contributed by atoms with Gasteiger partial charge in [-0.2, -0.15) is 0 Å². The normalized spacial score (nSPS) is 28.9. The Morgan fingerprint density at radius 2 is 2.06 bits per heavy atom. The highest BCUT2D eigenvalue weighted by atomic mass is 16.4. The highest BCUT2D eigenvalue weighted by Gasteiger charge is 2.60. The number of carbonyl (C=O) groups excluding carboxylic acids is 1. The van der Waals surface area contributed by atoms with Crippen molar-refractivity contribution in [3.05, 3.63) is 29.6 Å². The van der Waals surface area contributed by atoms with Crippen LogP contribution in [-0.2, 0) is 0 Å². The van der Waals surface area contributed by atoms with Crippen LogP contribution in [-0.4, -0.2) is 40.0 Å². The van der Waals surface area contributed by atoms with Crippen molar-refractivity contribution in [2.24, 2.45) is 17.8 Å². The number of hydrogen-bond donors (Lipinski definition) is 1. The number of aryl methyl sites for hydroxylation is 1. The van der Waals surface area contributed by atoms with Gasteiger partial charge in [0.1, 0.15) is 5.69 Å². The third-order valence-electron chi connectivity index (χ3n) is 3.94. The van der Waals surface area contributed by atoms with Gasteiger partial charge in [-0.05, 0) is 36.5 Å². The summed E-state index contributed by atoms with van der Waals surface area (Å²) in [6.07, 6.45) is 0.756. The zero-order valence-corrected chi connectivity index (χ0v) is 10.0. The van der Waals surface area contributed by atoms with Gasteiger partial charge in [-0.3, -0.25) is 9.78 Å². The third-order valence-corrected chi connectivity index (χ3v) is 3.94. The Morgan fingerprint density at radius 3 is 2.61 bits per heavy atom. The molecule has 2 fully saturated rings. The number of piperidine rings is 1. The molecule has 1 aromatic heterocycles. The summed E-state index contributed by atoms with van der Waals surface area (Å²) in [6.45, 7) is 2.91. The third kappa shape index (κ3) is 1.66. The Kier molecular flexibility index (Phi) is 2.36. The molecule has 2 aliphatic rings. The Labute approximate surface area is 104 Å². The molecule has 2 heterocycles. The van der Waals surface area contributed by atoms with Crippen LogP contribution in [0.5, 0.6) is 0 Å². The number of rotatable bonds is 2. The molecule has 1 N–H and O–H groups in total. The number of Topliss-reactive ketones (excluding diaryl/α,β-unsaturated/α-hetero) is 1. The van der Waals surface area contributed by atoms with Gasteiger partial charge in [-0.1, -0.05) is 0 Å². The number of nitrogens with zero attached hydrogens (tertiary/aromatic N) is 2. The van der Waals surface area contributed by atoms with Crippen molar-refractivity contribution in [1.82, 2.24) is 9.88 Å². The molecular formula is C13H14N2O3. The molecule has 1 aliphatic heterocycles. The summed E-state index contributed by atoms with van der Waals surface area (Å²) >= 11 is 0. The van der Waals surface area contributed by atoms with Crippen molar-refractivity contribution in [1.29, 1.82) is 0 Å².